The van der Waals surface area contributed by atoms with Crippen molar-refractivity contribution in [2.75, 3.05) is 19.1 Å². The molecule has 10 heteroatoms. The van der Waals surface area contributed by atoms with Gasteiger partial charge < -0.3 is 18.9 Å². The molecule has 0 unspecified atom stereocenters. The lowest BCUT2D eigenvalue weighted by Crippen LogP contribution is -2.38. The standard InChI is InChI=1S/C33H34N4O4S2/c1-42-32-31-34-18-26(37(31)36-33(35-32)43-2)28-30(40-21-25-16-10-5-11-17-25)29(39-20-24-14-8-4-9-15-24)27(41-28)22-38-19-23-12-6-3-7-13-23/h3-18,27-30H,19-22H2,1-2H3/t27-,28+,29-,30+/m1/s1. The molecule has 1 aliphatic rings. The van der Waals surface area contributed by atoms with Gasteiger partial charge in [0, 0.05) is 0 Å². The monoisotopic (exact) mass is 614 g/mol. The lowest BCUT2D eigenvalue weighted by Gasteiger charge is -2.25. The molecule has 1 fully saturated rings. The van der Waals surface area contributed by atoms with Crippen LogP contribution in [-0.4, -0.2) is 57.0 Å². The highest BCUT2D eigenvalue weighted by Gasteiger charge is 2.48. The van der Waals surface area contributed by atoms with Gasteiger partial charge in [0.25, 0.3) is 0 Å². The highest BCUT2D eigenvalue weighted by Crippen LogP contribution is 2.39. The summed E-state index contributed by atoms with van der Waals surface area (Å²) in [6.07, 6.45) is 4.05. The lowest BCUT2D eigenvalue weighted by atomic mass is 10.0. The van der Waals surface area contributed by atoms with Crippen LogP contribution in [0.3, 0.4) is 0 Å². The fourth-order valence-electron chi connectivity index (χ4n) is 5.16. The van der Waals surface area contributed by atoms with E-state index in [2.05, 4.69) is 41.4 Å². The number of nitrogens with zero attached hydrogens (tertiary/aromatic N) is 4. The quantitative estimate of drug-likeness (QED) is 0.140. The summed E-state index contributed by atoms with van der Waals surface area (Å²) >= 11 is 3.03. The van der Waals surface area contributed by atoms with Crippen molar-refractivity contribution in [1.29, 1.82) is 0 Å². The zero-order valence-electron chi connectivity index (χ0n) is 24.1. The highest BCUT2D eigenvalue weighted by atomic mass is 32.2. The molecule has 3 heterocycles. The van der Waals surface area contributed by atoms with Gasteiger partial charge in [0.1, 0.15) is 29.4 Å². The molecule has 0 N–H and O–H groups in total. The van der Waals surface area contributed by atoms with E-state index in [1.165, 1.54) is 11.8 Å². The van der Waals surface area contributed by atoms with Crippen molar-refractivity contribution in [3.05, 3.63) is 120 Å². The third-order valence-corrected chi connectivity index (χ3v) is 8.48. The molecule has 0 aliphatic carbocycles. The first-order valence-corrected chi connectivity index (χ1v) is 16.6. The molecule has 4 atom stereocenters. The summed E-state index contributed by atoms with van der Waals surface area (Å²) < 4.78 is 28.2. The van der Waals surface area contributed by atoms with Crippen LogP contribution in [0.4, 0.5) is 0 Å². The average molecular weight is 615 g/mol. The Hall–Kier alpha value is -3.25. The first kappa shape index (κ1) is 29.8. The molecule has 0 saturated carbocycles. The minimum atomic E-state index is -0.496. The smallest absolute Gasteiger partial charge is 0.208 e. The Labute approximate surface area is 260 Å². The average Bonchev–Trinajstić information content (AvgIpc) is 3.64. The lowest BCUT2D eigenvalue weighted by molar-refractivity contribution is -0.0898. The molecule has 1 saturated heterocycles. The number of fused-ring (bicyclic) bond motifs is 1. The third kappa shape index (κ3) is 7.12. The number of aromatic nitrogens is 4. The molecule has 43 heavy (non-hydrogen) atoms. The minimum Gasteiger partial charge on any atom is -0.374 e. The van der Waals surface area contributed by atoms with Gasteiger partial charge in [-0.1, -0.05) is 103 Å². The van der Waals surface area contributed by atoms with Crippen LogP contribution in [0, 0.1) is 0 Å². The zero-order chi connectivity index (χ0) is 29.4. The molecular weight excluding hydrogens is 581 g/mol. The predicted octanol–water partition coefficient (Wildman–Crippen LogP) is 6.40. The van der Waals surface area contributed by atoms with Crippen molar-refractivity contribution in [3.8, 4) is 0 Å². The maximum Gasteiger partial charge on any atom is 0.208 e. The summed E-state index contributed by atoms with van der Waals surface area (Å²) in [6.45, 7) is 1.65. The largest absolute Gasteiger partial charge is 0.374 e. The Bertz CT molecular complexity index is 1590. The normalized spacial score (nSPS) is 20.1. The maximum atomic E-state index is 6.79. The molecule has 2 aromatic heterocycles. The molecule has 0 bridgehead atoms. The molecule has 0 spiro atoms. The Morgan fingerprint density at radius 1 is 0.744 bits per heavy atom. The van der Waals surface area contributed by atoms with Gasteiger partial charge in [-0.05, 0) is 29.2 Å². The molecule has 0 radical (unpaired) electrons. The van der Waals surface area contributed by atoms with Gasteiger partial charge in [0.2, 0.25) is 5.16 Å². The fourth-order valence-corrected chi connectivity index (χ4v) is 6.06. The maximum absolute atomic E-state index is 6.79. The van der Waals surface area contributed by atoms with E-state index < -0.39 is 18.3 Å². The third-order valence-electron chi connectivity index (χ3n) is 7.28. The predicted molar refractivity (Wildman–Crippen MR) is 168 cm³/mol. The van der Waals surface area contributed by atoms with Crippen LogP contribution in [0.15, 0.2) is 107 Å². The van der Waals surface area contributed by atoms with Crippen molar-refractivity contribution in [2.24, 2.45) is 0 Å². The fraction of sp³-hybridized carbons (Fsp3) is 0.303. The van der Waals surface area contributed by atoms with Crippen LogP contribution < -0.4 is 0 Å². The molecule has 8 nitrogen and oxygen atoms in total. The van der Waals surface area contributed by atoms with Crippen LogP contribution >= 0.6 is 23.5 Å². The number of benzene rings is 3. The summed E-state index contributed by atoms with van der Waals surface area (Å²) in [5.74, 6) is 0. The molecule has 3 aromatic carbocycles. The Kier molecular flexibility index (Phi) is 10.0. The van der Waals surface area contributed by atoms with E-state index in [9.17, 15) is 0 Å². The van der Waals surface area contributed by atoms with E-state index in [0.29, 0.717) is 37.2 Å². The molecule has 1 aliphatic heterocycles. The molecule has 222 valence electrons. The summed E-state index contributed by atoms with van der Waals surface area (Å²) in [5, 5.41) is 6.26. The Morgan fingerprint density at radius 3 is 1.91 bits per heavy atom. The van der Waals surface area contributed by atoms with Crippen LogP contribution in [-0.2, 0) is 38.8 Å². The van der Waals surface area contributed by atoms with Crippen molar-refractivity contribution in [2.45, 2.75) is 54.4 Å². The van der Waals surface area contributed by atoms with Gasteiger partial charge in [-0.25, -0.2) is 14.5 Å². The van der Waals surface area contributed by atoms with Gasteiger partial charge >= 0.3 is 0 Å². The second kappa shape index (κ2) is 14.5. The van der Waals surface area contributed by atoms with Crippen molar-refractivity contribution >= 4 is 29.2 Å². The minimum absolute atomic E-state index is 0.341. The van der Waals surface area contributed by atoms with E-state index in [1.807, 2.05) is 77.8 Å². The van der Waals surface area contributed by atoms with E-state index in [1.54, 1.807) is 11.8 Å². The summed E-state index contributed by atoms with van der Waals surface area (Å²) in [5.41, 5.74) is 4.73. The van der Waals surface area contributed by atoms with Crippen LogP contribution in [0.1, 0.15) is 28.5 Å². The SMILES string of the molecule is CSc1nc(SC)c2ncc([C@@H]3O[C@H](COCc4ccccc4)[C@@H](OCc4ccccc4)[C@H]3OCc3ccccc3)n2n1. The Balaban J connectivity index is 1.33. The van der Waals surface area contributed by atoms with E-state index >= 15 is 0 Å². The van der Waals surface area contributed by atoms with Gasteiger partial charge in [-0.2, -0.15) is 0 Å². The van der Waals surface area contributed by atoms with Crippen molar-refractivity contribution in [3.63, 3.8) is 0 Å². The number of rotatable bonds is 13. The topological polar surface area (TPSA) is 80.0 Å². The highest BCUT2D eigenvalue weighted by molar-refractivity contribution is 7.99. The zero-order valence-corrected chi connectivity index (χ0v) is 25.7. The van der Waals surface area contributed by atoms with Gasteiger partial charge in [-0.15, -0.1) is 16.9 Å². The summed E-state index contributed by atoms with van der Waals surface area (Å²) in [6, 6.07) is 30.4. The molecule has 6 rings (SSSR count). The first-order valence-electron chi connectivity index (χ1n) is 14.2. The number of hydrogen-bond acceptors (Lipinski definition) is 9. The molecule has 0 amide bonds. The second-order valence-corrected chi connectivity index (χ2v) is 11.7. The van der Waals surface area contributed by atoms with Gasteiger partial charge in [0.05, 0.1) is 38.3 Å². The number of ether oxygens (including phenoxy) is 4. The summed E-state index contributed by atoms with van der Waals surface area (Å²) in [7, 11) is 0. The van der Waals surface area contributed by atoms with E-state index in [0.717, 1.165) is 27.4 Å². The Morgan fingerprint density at radius 2 is 1.33 bits per heavy atom. The molecule has 5 aromatic rings. The number of hydrogen-bond donors (Lipinski definition) is 0. The van der Waals surface area contributed by atoms with Crippen molar-refractivity contribution < 1.29 is 18.9 Å². The number of imidazole rings is 1. The van der Waals surface area contributed by atoms with Crippen molar-refractivity contribution in [1.82, 2.24) is 19.6 Å². The summed E-state index contributed by atoms with van der Waals surface area (Å²) in [4.78, 5) is 9.36. The van der Waals surface area contributed by atoms with E-state index in [4.69, 9.17) is 29.0 Å². The van der Waals surface area contributed by atoms with Gasteiger partial charge in [0.15, 0.2) is 5.65 Å². The van der Waals surface area contributed by atoms with Gasteiger partial charge in [-0.3, -0.25) is 0 Å². The van der Waals surface area contributed by atoms with Crippen LogP contribution in [0.25, 0.3) is 5.65 Å². The van der Waals surface area contributed by atoms with Crippen LogP contribution in [0.5, 0.6) is 0 Å². The first-order chi connectivity index (χ1) is 21.2. The number of thioether (sulfide) groups is 2. The van der Waals surface area contributed by atoms with E-state index in [-0.39, 0.29) is 6.10 Å². The van der Waals surface area contributed by atoms with Crippen LogP contribution in [0.2, 0.25) is 0 Å². The second-order valence-electron chi connectivity index (χ2n) is 10.1. The molecular formula is C33H34N4O4S2.